The maximum absolute atomic E-state index is 13.5. The van der Waals surface area contributed by atoms with Gasteiger partial charge in [0, 0.05) is 19.3 Å². The van der Waals surface area contributed by atoms with E-state index in [0.29, 0.717) is 36.7 Å². The molecule has 0 bridgehead atoms. The smallest absolute Gasteiger partial charge is 0.255 e. The molecule has 1 amide bonds. The van der Waals surface area contributed by atoms with Crippen molar-refractivity contribution in [2.45, 2.75) is 111 Å². The fourth-order valence-electron chi connectivity index (χ4n) is 3.47. The van der Waals surface area contributed by atoms with E-state index in [1.165, 1.54) is 0 Å². The molecule has 1 rings (SSSR count). The molecule has 0 aromatic heterocycles. The molecule has 0 saturated carbocycles. The van der Waals surface area contributed by atoms with E-state index < -0.39 is 20.0 Å². The summed E-state index contributed by atoms with van der Waals surface area (Å²) in [5.74, 6) is 0.799. The molecule has 0 radical (unpaired) electrons. The molecule has 0 aliphatic rings. The summed E-state index contributed by atoms with van der Waals surface area (Å²) in [6.07, 6.45) is 2.06. The van der Waals surface area contributed by atoms with Crippen molar-refractivity contribution in [1.29, 1.82) is 0 Å². The third kappa shape index (κ3) is 10.2. The summed E-state index contributed by atoms with van der Waals surface area (Å²) in [6, 6.07) is 3.99. The van der Waals surface area contributed by atoms with Crippen LogP contribution in [0.3, 0.4) is 0 Å². The quantitative estimate of drug-likeness (QED) is 0.248. The summed E-state index contributed by atoms with van der Waals surface area (Å²) in [4.78, 5) is 13.5. The Morgan fingerprint density at radius 2 is 1.69 bits per heavy atom. The molecular formula is C28H51NO5Si. The molecule has 0 spiro atoms. The number of aliphatic hydroxyl groups excluding tert-OH is 1. The second-order valence-corrected chi connectivity index (χ2v) is 17.1. The zero-order valence-electron chi connectivity index (χ0n) is 24.1. The van der Waals surface area contributed by atoms with E-state index in [1.54, 1.807) is 7.11 Å². The number of hydrogen-bond acceptors (Lipinski definition) is 5. The molecule has 0 saturated heterocycles. The molecule has 0 aliphatic carbocycles. The third-order valence-corrected chi connectivity index (χ3v) is 11.3. The standard InChI is InChI=1S/C28H51NO5Si/c1-12-20(2)17-22-14-13-21(18-23(30)15-16-34-35(10,11)28(6,7)8)24(25(22)33-19-32-9)26(31)29-27(3,4)5/h13-14,20,23,30H,12,15-19H2,1-11H3,(H,29,31)/t20-,23+/m0/s1. The highest BCUT2D eigenvalue weighted by Gasteiger charge is 2.37. The predicted octanol–water partition coefficient (Wildman–Crippen LogP) is 6.10. The highest BCUT2D eigenvalue weighted by molar-refractivity contribution is 6.74. The Hall–Kier alpha value is -1.41. The number of ether oxygens (including phenoxy) is 2. The number of carbonyl (C=O) groups is 1. The van der Waals surface area contributed by atoms with Gasteiger partial charge in [-0.3, -0.25) is 4.79 Å². The third-order valence-electron chi connectivity index (χ3n) is 6.80. The molecule has 0 heterocycles. The Morgan fingerprint density at radius 3 is 2.20 bits per heavy atom. The van der Waals surface area contributed by atoms with Crippen LogP contribution in [-0.2, 0) is 22.0 Å². The van der Waals surface area contributed by atoms with Gasteiger partial charge in [-0.2, -0.15) is 0 Å². The highest BCUT2D eigenvalue weighted by Crippen LogP contribution is 2.37. The lowest BCUT2D eigenvalue weighted by molar-refractivity contribution is 0.0490. The van der Waals surface area contributed by atoms with Gasteiger partial charge in [0.15, 0.2) is 15.1 Å². The van der Waals surface area contributed by atoms with Gasteiger partial charge in [-0.05, 0) is 75.2 Å². The van der Waals surface area contributed by atoms with Gasteiger partial charge in [0.2, 0.25) is 0 Å². The van der Waals surface area contributed by atoms with Crippen molar-refractivity contribution in [1.82, 2.24) is 5.32 Å². The summed E-state index contributed by atoms with van der Waals surface area (Å²) in [6.45, 7) is 21.8. The topological polar surface area (TPSA) is 77.0 Å². The van der Waals surface area contributed by atoms with Crippen molar-refractivity contribution in [2.75, 3.05) is 20.5 Å². The summed E-state index contributed by atoms with van der Waals surface area (Å²) in [5, 5.41) is 14.1. The van der Waals surface area contributed by atoms with Gasteiger partial charge in [-0.15, -0.1) is 0 Å². The van der Waals surface area contributed by atoms with E-state index in [-0.39, 0.29) is 17.7 Å². The van der Waals surface area contributed by atoms with E-state index in [1.807, 2.05) is 32.9 Å². The Labute approximate surface area is 215 Å². The van der Waals surface area contributed by atoms with Crippen LogP contribution in [0.15, 0.2) is 12.1 Å². The summed E-state index contributed by atoms with van der Waals surface area (Å²) >= 11 is 0. The van der Waals surface area contributed by atoms with E-state index in [4.69, 9.17) is 13.9 Å². The minimum atomic E-state index is -1.88. The number of carbonyl (C=O) groups excluding carboxylic acids is 1. The largest absolute Gasteiger partial charge is 0.466 e. The Bertz CT molecular complexity index is 811. The second kappa shape index (κ2) is 13.2. The molecule has 1 aromatic rings. The lowest BCUT2D eigenvalue weighted by atomic mass is 9.91. The maximum atomic E-state index is 13.5. The SMILES string of the molecule is CC[C@H](C)Cc1ccc(C[C@H](O)CCO[Si](C)(C)C(C)(C)C)c(C(=O)NC(C)(C)C)c1OCOC. The average Bonchev–Trinajstić information content (AvgIpc) is 2.70. The lowest BCUT2D eigenvalue weighted by Gasteiger charge is -2.36. The number of rotatable bonds is 13. The molecule has 7 heteroatoms. The van der Waals surface area contributed by atoms with Crippen molar-refractivity contribution in [3.05, 3.63) is 28.8 Å². The molecule has 6 nitrogen and oxygen atoms in total. The van der Waals surface area contributed by atoms with E-state index in [0.717, 1.165) is 24.0 Å². The van der Waals surface area contributed by atoms with Crippen LogP contribution in [-0.4, -0.2) is 51.5 Å². The normalized spacial score (nSPS) is 14.5. The molecular weight excluding hydrogens is 458 g/mol. The van der Waals surface area contributed by atoms with Crippen LogP contribution in [0.1, 0.15) is 89.7 Å². The highest BCUT2D eigenvalue weighted by atomic mass is 28.4. The van der Waals surface area contributed by atoms with E-state index in [9.17, 15) is 9.90 Å². The first kappa shape index (κ1) is 31.6. The number of benzene rings is 1. The van der Waals surface area contributed by atoms with Crippen molar-refractivity contribution < 1.29 is 23.8 Å². The van der Waals surface area contributed by atoms with Crippen LogP contribution in [0.4, 0.5) is 0 Å². The number of hydrogen-bond donors (Lipinski definition) is 2. The molecule has 35 heavy (non-hydrogen) atoms. The van der Waals surface area contributed by atoms with Crippen LogP contribution in [0.5, 0.6) is 5.75 Å². The van der Waals surface area contributed by atoms with Crippen molar-refractivity contribution in [2.24, 2.45) is 5.92 Å². The van der Waals surface area contributed by atoms with E-state index in [2.05, 4.69) is 53.0 Å². The molecule has 1 aromatic carbocycles. The van der Waals surface area contributed by atoms with Crippen LogP contribution < -0.4 is 10.1 Å². The number of methoxy groups -OCH3 is 1. The zero-order valence-corrected chi connectivity index (χ0v) is 25.1. The van der Waals surface area contributed by atoms with Gasteiger partial charge in [-0.1, -0.05) is 53.2 Å². The molecule has 2 N–H and O–H groups in total. The Kier molecular flexibility index (Phi) is 11.9. The monoisotopic (exact) mass is 509 g/mol. The number of amides is 1. The average molecular weight is 510 g/mol. The van der Waals surface area contributed by atoms with Gasteiger partial charge < -0.3 is 24.3 Å². The fraction of sp³-hybridized carbons (Fsp3) is 0.750. The minimum absolute atomic E-state index is 0.0513. The van der Waals surface area contributed by atoms with Gasteiger partial charge in [0.1, 0.15) is 5.75 Å². The summed E-state index contributed by atoms with van der Waals surface area (Å²) < 4.78 is 17.4. The van der Waals surface area contributed by atoms with Crippen molar-refractivity contribution in [3.8, 4) is 5.75 Å². The van der Waals surface area contributed by atoms with Crippen molar-refractivity contribution >= 4 is 14.2 Å². The predicted molar refractivity (Wildman–Crippen MR) is 147 cm³/mol. The molecule has 0 aliphatic heterocycles. The maximum Gasteiger partial charge on any atom is 0.255 e. The van der Waals surface area contributed by atoms with Gasteiger partial charge in [0.05, 0.1) is 11.7 Å². The fourth-order valence-corrected chi connectivity index (χ4v) is 4.54. The lowest BCUT2D eigenvalue weighted by Crippen LogP contribution is -2.41. The van der Waals surface area contributed by atoms with Gasteiger partial charge in [-0.25, -0.2) is 0 Å². The van der Waals surface area contributed by atoms with Gasteiger partial charge in [0.25, 0.3) is 5.91 Å². The first-order valence-corrected chi connectivity index (χ1v) is 15.8. The Morgan fingerprint density at radius 1 is 1.09 bits per heavy atom. The number of aliphatic hydroxyl groups is 1. The van der Waals surface area contributed by atoms with Crippen LogP contribution in [0, 0.1) is 5.92 Å². The minimum Gasteiger partial charge on any atom is -0.466 e. The first-order chi connectivity index (χ1) is 16.0. The van der Waals surface area contributed by atoms with Crippen molar-refractivity contribution in [3.63, 3.8) is 0 Å². The summed E-state index contributed by atoms with van der Waals surface area (Å²) in [5.41, 5.74) is 1.83. The first-order valence-electron chi connectivity index (χ1n) is 12.9. The molecule has 0 fully saturated rings. The molecule has 2 atom stereocenters. The molecule has 0 unspecified atom stereocenters. The number of nitrogens with one attached hydrogen (secondary N) is 1. The zero-order chi connectivity index (χ0) is 27.0. The van der Waals surface area contributed by atoms with E-state index >= 15 is 0 Å². The van der Waals surface area contributed by atoms with Crippen LogP contribution >= 0.6 is 0 Å². The van der Waals surface area contributed by atoms with Gasteiger partial charge >= 0.3 is 0 Å². The van der Waals surface area contributed by atoms with Crippen LogP contribution in [0.25, 0.3) is 0 Å². The summed E-state index contributed by atoms with van der Waals surface area (Å²) in [7, 11) is -0.311. The second-order valence-electron chi connectivity index (χ2n) is 12.3. The van der Waals surface area contributed by atoms with Crippen LogP contribution in [0.2, 0.25) is 18.1 Å². The molecule has 202 valence electrons. The Balaban J connectivity index is 3.27.